The van der Waals surface area contributed by atoms with E-state index in [4.69, 9.17) is 1.37 Å². The van der Waals surface area contributed by atoms with Crippen LogP contribution in [0.5, 0.6) is 0 Å². The highest BCUT2D eigenvalue weighted by Gasteiger charge is 2.50. The Hall–Kier alpha value is 0.430. The van der Waals surface area contributed by atoms with Crippen molar-refractivity contribution in [3.05, 3.63) is 0 Å². The van der Waals surface area contributed by atoms with Crippen LogP contribution in [-0.4, -0.2) is 21.6 Å². The van der Waals surface area contributed by atoms with Crippen molar-refractivity contribution in [3.8, 4) is 0 Å². The molecule has 1 heterocycles. The molecule has 1 saturated carbocycles. The summed E-state index contributed by atoms with van der Waals surface area (Å²) in [6, 6.07) is 0.106. The molecule has 0 radical (unpaired) electrons. The number of nitrogens with one attached hydrogen (secondary N) is 1. The van der Waals surface area contributed by atoms with Crippen LogP contribution >= 0.6 is 31.9 Å². The maximum Gasteiger partial charge on any atom is 0.224 e. The zero-order chi connectivity index (χ0) is 8.17. The normalized spacial score (nSPS) is 60.4. The van der Waals surface area contributed by atoms with Crippen molar-refractivity contribution < 1.29 is 6.17 Å². The van der Waals surface area contributed by atoms with Crippen LogP contribution in [0.4, 0.5) is 0 Å². The molecular formula is C6H7Br2NO. The number of hydrogen-bond donors (Lipinski definition) is 1. The second-order valence-electron chi connectivity index (χ2n) is 2.64. The average Bonchev–Trinajstić information content (AvgIpc) is 2.31. The number of carbonyl (C=O) groups is 1. The predicted molar refractivity (Wildman–Crippen MR) is 45.5 cm³/mol. The van der Waals surface area contributed by atoms with E-state index in [1.54, 1.807) is 0 Å². The molecule has 1 aliphatic carbocycles. The zero-order valence-corrected chi connectivity index (χ0v) is 8.22. The van der Waals surface area contributed by atoms with Gasteiger partial charge in [0, 0.05) is 11.0 Å². The van der Waals surface area contributed by atoms with Gasteiger partial charge >= 0.3 is 0 Å². The molecule has 1 aliphatic heterocycles. The van der Waals surface area contributed by atoms with Crippen molar-refractivity contribution >= 4 is 37.8 Å². The van der Waals surface area contributed by atoms with Crippen LogP contribution < -0.4 is 5.32 Å². The number of fused-ring (bicyclic) bond motifs is 2. The Bertz CT molecular complexity index is 209. The summed E-state index contributed by atoms with van der Waals surface area (Å²) in [7, 11) is 0. The standard InChI is InChI=1S/C6H7Br2NO/c7-3-1-2-4(8)5(3)9-6(2)10/h2-5H,1H2,(H,9,10)/t2-,3-,4+,5+/m0/s1/i1D/t1?,2-,3-,4+,5+. The molecule has 56 valence electrons. The molecule has 0 spiro atoms. The monoisotopic (exact) mass is 268 g/mol. The molecule has 4 heteroatoms. The van der Waals surface area contributed by atoms with Gasteiger partial charge < -0.3 is 5.32 Å². The highest BCUT2D eigenvalue weighted by Crippen LogP contribution is 2.40. The lowest BCUT2D eigenvalue weighted by Crippen LogP contribution is -2.38. The summed E-state index contributed by atoms with van der Waals surface area (Å²) < 4.78 is 7.65. The number of hydrogen-bond acceptors (Lipinski definition) is 1. The molecule has 0 aromatic heterocycles. The Morgan fingerprint density at radius 2 is 2.40 bits per heavy atom. The Morgan fingerprint density at radius 1 is 1.70 bits per heavy atom. The van der Waals surface area contributed by atoms with Crippen molar-refractivity contribution in [2.75, 3.05) is 0 Å². The number of alkyl halides is 2. The molecule has 2 nitrogen and oxygen atoms in total. The minimum Gasteiger partial charge on any atom is -0.351 e. The molecule has 2 fully saturated rings. The summed E-state index contributed by atoms with van der Waals surface area (Å²) in [6.45, 7) is 0. The number of rotatable bonds is 0. The number of piperidine rings is 1. The summed E-state index contributed by atoms with van der Waals surface area (Å²) >= 11 is 6.82. The average molecular weight is 270 g/mol. The third kappa shape index (κ3) is 0.780. The maximum atomic E-state index is 11.1. The van der Waals surface area contributed by atoms with E-state index >= 15 is 0 Å². The van der Waals surface area contributed by atoms with E-state index in [-0.39, 0.29) is 33.9 Å². The fourth-order valence-corrected chi connectivity index (χ4v) is 3.55. The van der Waals surface area contributed by atoms with Crippen LogP contribution in [0.3, 0.4) is 0 Å². The van der Waals surface area contributed by atoms with E-state index in [9.17, 15) is 4.79 Å². The quantitative estimate of drug-likeness (QED) is 0.654. The van der Waals surface area contributed by atoms with E-state index in [0.29, 0.717) is 0 Å². The molecule has 0 aromatic carbocycles. The van der Waals surface area contributed by atoms with E-state index < -0.39 is 0 Å². The topological polar surface area (TPSA) is 29.1 Å². The lowest BCUT2D eigenvalue weighted by atomic mass is 10.1. The van der Waals surface area contributed by atoms with Gasteiger partial charge in [0.2, 0.25) is 5.91 Å². The van der Waals surface area contributed by atoms with Gasteiger partial charge in [-0.2, -0.15) is 0 Å². The van der Waals surface area contributed by atoms with Gasteiger partial charge in [0.1, 0.15) is 0 Å². The van der Waals surface area contributed by atoms with Crippen molar-refractivity contribution in [3.63, 3.8) is 0 Å². The second kappa shape index (κ2) is 2.21. The number of halogens is 2. The molecule has 1 saturated heterocycles. The first-order chi connectivity index (χ1) is 5.13. The van der Waals surface area contributed by atoms with Gasteiger partial charge in [0.25, 0.3) is 0 Å². The van der Waals surface area contributed by atoms with Gasteiger partial charge in [-0.3, -0.25) is 4.79 Å². The van der Waals surface area contributed by atoms with Crippen molar-refractivity contribution in [1.29, 1.82) is 0 Å². The van der Waals surface area contributed by atoms with Crippen LogP contribution in [0.1, 0.15) is 7.77 Å². The minimum absolute atomic E-state index is 0.0209. The van der Waals surface area contributed by atoms with Crippen LogP contribution in [0.2, 0.25) is 0 Å². The Kier molecular flexibility index (Phi) is 1.32. The lowest BCUT2D eigenvalue weighted by Gasteiger charge is -2.15. The molecule has 10 heavy (non-hydrogen) atoms. The smallest absolute Gasteiger partial charge is 0.224 e. The summed E-state index contributed by atoms with van der Waals surface area (Å²) in [6.07, 6.45) is -0.293. The summed E-state index contributed by atoms with van der Waals surface area (Å²) in [5, 5.41) is 2.83. The van der Waals surface area contributed by atoms with E-state index in [0.717, 1.165) is 0 Å². The molecule has 5 atom stereocenters. The zero-order valence-electron chi connectivity index (χ0n) is 6.05. The second-order valence-corrected chi connectivity index (χ2v) is 4.76. The van der Waals surface area contributed by atoms with E-state index in [1.807, 2.05) is 0 Å². The van der Waals surface area contributed by atoms with Gasteiger partial charge in [-0.15, -0.1) is 0 Å². The Balaban J connectivity index is 2.30. The molecule has 2 rings (SSSR count). The van der Waals surface area contributed by atoms with E-state index in [2.05, 4.69) is 37.2 Å². The molecule has 2 aliphatic rings. The van der Waals surface area contributed by atoms with Gasteiger partial charge in [0.05, 0.1) is 12.0 Å². The maximum absolute atomic E-state index is 11.1. The SMILES string of the molecule is [2H]C1[C@H](Br)[C@H]2NC(=O)[C@@H]1[C@H]2Br. The fourth-order valence-electron chi connectivity index (χ4n) is 1.47. The highest BCUT2D eigenvalue weighted by atomic mass is 79.9. The Labute approximate surface area is 77.4 Å². The minimum atomic E-state index is -0.293. The highest BCUT2D eigenvalue weighted by molar-refractivity contribution is 9.10. The lowest BCUT2D eigenvalue weighted by molar-refractivity contribution is -0.123. The van der Waals surface area contributed by atoms with E-state index in [1.165, 1.54) is 0 Å². The summed E-state index contributed by atoms with van der Waals surface area (Å²) in [4.78, 5) is 11.4. The van der Waals surface area contributed by atoms with Gasteiger partial charge in [-0.05, 0) is 6.40 Å². The fraction of sp³-hybridized carbons (Fsp3) is 0.833. The van der Waals surface area contributed by atoms with Gasteiger partial charge in [-0.25, -0.2) is 0 Å². The number of amides is 1. The third-order valence-corrected chi connectivity index (χ3v) is 4.05. The van der Waals surface area contributed by atoms with Crippen molar-refractivity contribution in [2.24, 2.45) is 5.92 Å². The first kappa shape index (κ1) is 6.00. The molecule has 1 unspecified atom stereocenters. The summed E-state index contributed by atoms with van der Waals surface area (Å²) in [5.74, 6) is -0.142. The van der Waals surface area contributed by atoms with Crippen molar-refractivity contribution in [2.45, 2.75) is 22.1 Å². The molecule has 1 amide bonds. The summed E-state index contributed by atoms with van der Waals surface area (Å²) in [5.41, 5.74) is 0. The van der Waals surface area contributed by atoms with Crippen LogP contribution in [0.15, 0.2) is 0 Å². The third-order valence-electron chi connectivity index (χ3n) is 2.03. The van der Waals surface area contributed by atoms with Crippen LogP contribution in [-0.2, 0) is 4.79 Å². The molecule has 0 aromatic rings. The van der Waals surface area contributed by atoms with Crippen LogP contribution in [0, 0.1) is 5.92 Å². The largest absolute Gasteiger partial charge is 0.351 e. The number of carbonyl (C=O) groups excluding carboxylic acids is 1. The molecular weight excluding hydrogens is 262 g/mol. The predicted octanol–water partition coefficient (Wildman–Crippen LogP) is 1.03. The van der Waals surface area contributed by atoms with Gasteiger partial charge in [0.15, 0.2) is 0 Å². The van der Waals surface area contributed by atoms with Crippen molar-refractivity contribution in [1.82, 2.24) is 5.32 Å². The molecule has 1 N–H and O–H groups in total. The molecule has 2 bridgehead atoms. The first-order valence-corrected chi connectivity index (χ1v) is 4.97. The Morgan fingerprint density at radius 3 is 2.80 bits per heavy atom. The first-order valence-electron chi connectivity index (χ1n) is 3.71. The van der Waals surface area contributed by atoms with Gasteiger partial charge in [-0.1, -0.05) is 31.9 Å². The van der Waals surface area contributed by atoms with Crippen LogP contribution in [0.25, 0.3) is 0 Å².